The summed E-state index contributed by atoms with van der Waals surface area (Å²) >= 11 is 0. The maximum atomic E-state index is 16.2. The van der Waals surface area contributed by atoms with Crippen molar-refractivity contribution in [3.63, 3.8) is 0 Å². The number of amides is 2. The van der Waals surface area contributed by atoms with Crippen LogP contribution >= 0.6 is 0 Å². The number of hydrogen-bond donors (Lipinski definition) is 2. The number of nitriles is 1. The molecule has 218 valence electrons. The number of imide groups is 1. The third-order valence-corrected chi connectivity index (χ3v) is 10.0. The highest BCUT2D eigenvalue weighted by molar-refractivity contribution is 6.01. The molecular weight excluding hydrogens is 531 g/mol. The summed E-state index contributed by atoms with van der Waals surface area (Å²) < 4.78 is 16.2. The van der Waals surface area contributed by atoms with Crippen molar-refractivity contribution in [2.45, 2.75) is 82.3 Å². The molecule has 2 aromatic carbocycles. The maximum absolute atomic E-state index is 16.2. The van der Waals surface area contributed by atoms with Gasteiger partial charge in [-0.2, -0.15) is 5.26 Å². The van der Waals surface area contributed by atoms with Crippen LogP contribution in [0.1, 0.15) is 87.0 Å². The number of fused-ring (bicyclic) bond motifs is 1. The molecule has 0 spiro atoms. The number of likely N-dealkylation sites (tertiary alicyclic amines) is 1. The van der Waals surface area contributed by atoms with Gasteiger partial charge in [0.2, 0.25) is 11.8 Å². The Morgan fingerprint density at radius 3 is 2.52 bits per heavy atom. The molecule has 1 aliphatic carbocycles. The first-order chi connectivity index (χ1) is 20.0. The smallest absolute Gasteiger partial charge is 0.234 e. The molecule has 1 saturated carbocycles. The van der Waals surface area contributed by atoms with Crippen molar-refractivity contribution in [3.05, 3.63) is 76.7 Å². The Labute approximate surface area is 245 Å². The van der Waals surface area contributed by atoms with E-state index in [4.69, 9.17) is 0 Å². The lowest BCUT2D eigenvalue weighted by Crippen LogP contribution is -2.55. The normalized spacial score (nSPS) is 25.7. The number of nitrogens with zero attached hydrogens (tertiary/aromatic N) is 3. The van der Waals surface area contributed by atoms with Gasteiger partial charge in [-0.05, 0) is 54.5 Å². The molecule has 42 heavy (non-hydrogen) atoms. The van der Waals surface area contributed by atoms with Gasteiger partial charge >= 0.3 is 0 Å². The second kappa shape index (κ2) is 10.6. The minimum atomic E-state index is -1.40. The third-order valence-electron chi connectivity index (χ3n) is 10.0. The van der Waals surface area contributed by atoms with E-state index in [1.165, 1.54) is 0 Å². The average molecular weight is 569 g/mol. The number of benzene rings is 2. The van der Waals surface area contributed by atoms with Gasteiger partial charge in [0.1, 0.15) is 5.82 Å². The lowest BCUT2D eigenvalue weighted by Gasteiger charge is -2.50. The molecule has 3 fully saturated rings. The number of carbonyl (C=O) groups is 2. The van der Waals surface area contributed by atoms with Crippen LogP contribution in [0, 0.1) is 22.6 Å². The number of aliphatic hydroxyl groups is 1. The lowest BCUT2D eigenvalue weighted by atomic mass is 9.66. The highest BCUT2D eigenvalue weighted by atomic mass is 19.1. The van der Waals surface area contributed by atoms with E-state index >= 15 is 4.39 Å². The van der Waals surface area contributed by atoms with Gasteiger partial charge in [-0.25, -0.2) is 4.39 Å². The van der Waals surface area contributed by atoms with Crippen LogP contribution in [0.25, 0.3) is 10.9 Å². The summed E-state index contributed by atoms with van der Waals surface area (Å²) in [6, 6.07) is 16.0. The molecule has 2 atom stereocenters. The molecular formula is C34H37FN4O3. The minimum Gasteiger partial charge on any atom is -0.384 e. The molecule has 2 saturated heterocycles. The summed E-state index contributed by atoms with van der Waals surface area (Å²) in [5, 5.41) is 24.5. The van der Waals surface area contributed by atoms with Crippen molar-refractivity contribution in [1.29, 1.82) is 5.26 Å². The van der Waals surface area contributed by atoms with Crippen LogP contribution in [0.2, 0.25) is 0 Å². The van der Waals surface area contributed by atoms with E-state index in [2.05, 4.69) is 45.5 Å². The number of aromatic nitrogens is 1. The van der Waals surface area contributed by atoms with Crippen molar-refractivity contribution >= 4 is 22.7 Å². The molecule has 3 aromatic rings. The highest BCUT2D eigenvalue weighted by Crippen LogP contribution is 2.48. The first-order valence-corrected chi connectivity index (χ1v) is 14.9. The molecule has 1 aromatic heterocycles. The predicted molar refractivity (Wildman–Crippen MR) is 157 cm³/mol. The van der Waals surface area contributed by atoms with Crippen LogP contribution < -0.4 is 5.32 Å². The van der Waals surface area contributed by atoms with Gasteiger partial charge in [0.15, 0.2) is 0 Å². The lowest BCUT2D eigenvalue weighted by molar-refractivity contribution is -0.134. The van der Waals surface area contributed by atoms with Gasteiger partial charge in [-0.1, -0.05) is 57.0 Å². The Balaban J connectivity index is 1.22. The largest absolute Gasteiger partial charge is 0.384 e. The van der Waals surface area contributed by atoms with Crippen molar-refractivity contribution < 1.29 is 19.1 Å². The molecule has 2 unspecified atom stereocenters. The summed E-state index contributed by atoms with van der Waals surface area (Å²) in [6.07, 6.45) is 6.53. The van der Waals surface area contributed by atoms with Gasteiger partial charge in [0, 0.05) is 48.6 Å². The summed E-state index contributed by atoms with van der Waals surface area (Å²) in [6.45, 7) is 5.81. The average Bonchev–Trinajstić information content (AvgIpc) is 3.46. The van der Waals surface area contributed by atoms with Gasteiger partial charge in [-0.3, -0.25) is 24.8 Å². The summed E-state index contributed by atoms with van der Waals surface area (Å²) in [5.74, 6) is -1.79. The predicted octanol–water partition coefficient (Wildman–Crippen LogP) is 5.35. The Hall–Kier alpha value is -3.67. The molecule has 0 radical (unpaired) electrons. The van der Waals surface area contributed by atoms with Crippen LogP contribution in [0.3, 0.4) is 0 Å². The zero-order valence-electron chi connectivity index (χ0n) is 24.3. The van der Waals surface area contributed by atoms with Crippen molar-refractivity contribution in [3.8, 4) is 6.07 Å². The van der Waals surface area contributed by atoms with Crippen LogP contribution in [0.5, 0.6) is 0 Å². The van der Waals surface area contributed by atoms with E-state index < -0.39 is 28.7 Å². The zero-order valence-corrected chi connectivity index (χ0v) is 24.3. The van der Waals surface area contributed by atoms with Gasteiger partial charge in [0.25, 0.3) is 0 Å². The van der Waals surface area contributed by atoms with Gasteiger partial charge in [-0.15, -0.1) is 0 Å². The van der Waals surface area contributed by atoms with E-state index in [9.17, 15) is 20.0 Å². The van der Waals surface area contributed by atoms with Crippen LogP contribution in [-0.2, 0) is 27.1 Å². The first-order valence-electron chi connectivity index (χ1n) is 14.9. The molecule has 2 N–H and O–H groups in total. The summed E-state index contributed by atoms with van der Waals surface area (Å²) in [7, 11) is 0. The molecule has 7 nitrogen and oxygen atoms in total. The van der Waals surface area contributed by atoms with Crippen molar-refractivity contribution in [1.82, 2.24) is 15.2 Å². The molecule has 2 aliphatic heterocycles. The van der Waals surface area contributed by atoms with Crippen molar-refractivity contribution in [2.24, 2.45) is 5.41 Å². The monoisotopic (exact) mass is 568 g/mol. The Bertz CT molecular complexity index is 1590. The fourth-order valence-electron chi connectivity index (χ4n) is 7.39. The van der Waals surface area contributed by atoms with E-state index in [1.54, 1.807) is 24.4 Å². The van der Waals surface area contributed by atoms with E-state index in [-0.39, 0.29) is 28.7 Å². The molecule has 3 aliphatic rings. The fourth-order valence-corrected chi connectivity index (χ4v) is 7.39. The topological polar surface area (TPSA) is 106 Å². The number of halogens is 1. The number of nitrogens with one attached hydrogen (secondary N) is 1. The minimum absolute atomic E-state index is 0.228. The Kier molecular flexibility index (Phi) is 7.15. The van der Waals surface area contributed by atoms with E-state index in [1.807, 2.05) is 13.8 Å². The molecule has 3 heterocycles. The number of pyridine rings is 1. The van der Waals surface area contributed by atoms with E-state index in [0.29, 0.717) is 43.6 Å². The second-order valence-corrected chi connectivity index (χ2v) is 13.1. The zero-order chi connectivity index (χ0) is 29.7. The third kappa shape index (κ3) is 4.79. The van der Waals surface area contributed by atoms with E-state index in [0.717, 1.165) is 36.8 Å². The summed E-state index contributed by atoms with van der Waals surface area (Å²) in [4.78, 5) is 30.7. The van der Waals surface area contributed by atoms with Gasteiger partial charge in [0.05, 0.1) is 28.5 Å². The SMILES string of the molecule is CC1(C)CN(Cc2ccc(C3(C#N)CCCC3)cc2)CCC1(O)c1ccc2ncc(C3CCC(=O)NC3=O)cc2c1F. The fraction of sp³-hybridized carbons (Fsp3) is 0.471. The Morgan fingerprint density at radius 2 is 1.86 bits per heavy atom. The van der Waals surface area contributed by atoms with Crippen LogP contribution in [0.4, 0.5) is 4.39 Å². The van der Waals surface area contributed by atoms with Gasteiger partial charge < -0.3 is 5.11 Å². The van der Waals surface area contributed by atoms with Crippen LogP contribution in [-0.4, -0.2) is 39.9 Å². The standard InChI is InChI=1S/C34H37FN4O3/c1-32(2)21-39(19-22-5-7-24(8-6-22)33(20-36)13-3-4-14-33)16-15-34(32,42)27-10-11-28-26(30(27)35)17-23(18-37-28)25-9-12-29(40)38-31(25)41/h5-8,10-11,17-18,25,42H,3-4,9,12-16,19,21H2,1-2H3,(H,38,40,41). The second-order valence-electron chi connectivity index (χ2n) is 13.1. The number of hydrogen-bond acceptors (Lipinski definition) is 6. The number of piperidine rings is 2. The highest BCUT2D eigenvalue weighted by Gasteiger charge is 2.50. The van der Waals surface area contributed by atoms with Crippen LogP contribution in [0.15, 0.2) is 48.7 Å². The van der Waals surface area contributed by atoms with Crippen molar-refractivity contribution in [2.75, 3.05) is 13.1 Å². The molecule has 8 heteroatoms. The summed E-state index contributed by atoms with van der Waals surface area (Å²) in [5.41, 5.74) is 1.07. The first kappa shape index (κ1) is 28.4. The molecule has 2 amide bonds. The molecule has 6 rings (SSSR count). The Morgan fingerprint density at radius 1 is 1.12 bits per heavy atom. The number of carbonyl (C=O) groups excluding carboxylic acids is 2. The molecule has 0 bridgehead atoms. The number of rotatable bonds is 5. The quantitative estimate of drug-likeness (QED) is 0.402. The maximum Gasteiger partial charge on any atom is 0.234 e.